The van der Waals surface area contributed by atoms with Crippen LogP contribution < -0.4 is 10.1 Å². The number of aromatic amines is 1. The molecule has 0 saturated heterocycles. The molecule has 0 amide bonds. The fourth-order valence-corrected chi connectivity index (χ4v) is 4.58. The van der Waals surface area contributed by atoms with Crippen LogP contribution in [-0.4, -0.2) is 19.9 Å². The van der Waals surface area contributed by atoms with Crippen molar-refractivity contribution in [2.75, 3.05) is 10.8 Å². The number of H-pyrrole nitrogens is 1. The molecule has 3 aromatic rings. The third-order valence-electron chi connectivity index (χ3n) is 4.11. The summed E-state index contributed by atoms with van der Waals surface area (Å²) in [5.74, 6) is -1.22. The van der Waals surface area contributed by atoms with Crippen molar-refractivity contribution in [3.63, 3.8) is 0 Å². The van der Waals surface area contributed by atoms with Crippen LogP contribution in [0.15, 0.2) is 50.5 Å². The number of sulfonamides is 1. The van der Waals surface area contributed by atoms with E-state index in [9.17, 15) is 17.6 Å². The smallest absolute Gasteiger partial charge is 0.408 e. The number of anilines is 1. The van der Waals surface area contributed by atoms with Crippen LogP contribution in [0.3, 0.4) is 0 Å². The molecule has 0 radical (unpaired) electrons. The number of benzene rings is 2. The van der Waals surface area contributed by atoms with E-state index in [1.807, 2.05) is 0 Å². The van der Waals surface area contributed by atoms with E-state index in [0.29, 0.717) is 23.9 Å². The van der Waals surface area contributed by atoms with Crippen molar-refractivity contribution in [2.45, 2.75) is 17.7 Å². The lowest BCUT2D eigenvalue weighted by atomic mass is 10.0. The van der Waals surface area contributed by atoms with Crippen molar-refractivity contribution in [1.29, 1.82) is 0 Å². The van der Waals surface area contributed by atoms with E-state index < -0.39 is 21.6 Å². The quantitative estimate of drug-likeness (QED) is 0.771. The molecule has 0 aliphatic carbocycles. The van der Waals surface area contributed by atoms with E-state index in [1.54, 1.807) is 12.1 Å². The summed E-state index contributed by atoms with van der Waals surface area (Å²) >= 11 is 0. The molecule has 0 spiro atoms. The summed E-state index contributed by atoms with van der Waals surface area (Å²) in [6, 6.07) is 8.66. The van der Waals surface area contributed by atoms with Gasteiger partial charge in [0.2, 0.25) is 0 Å². The van der Waals surface area contributed by atoms with Crippen LogP contribution in [0.25, 0.3) is 11.1 Å². The minimum Gasteiger partial charge on any atom is -0.408 e. The number of halogens is 1. The molecule has 8 heteroatoms. The molecule has 2 heterocycles. The van der Waals surface area contributed by atoms with Gasteiger partial charge >= 0.3 is 5.76 Å². The predicted octanol–water partition coefficient (Wildman–Crippen LogP) is 2.40. The van der Waals surface area contributed by atoms with Crippen LogP contribution in [-0.2, 0) is 16.4 Å². The number of rotatable bonds is 2. The zero-order valence-electron chi connectivity index (χ0n) is 12.5. The second kappa shape index (κ2) is 5.20. The van der Waals surface area contributed by atoms with Gasteiger partial charge in [0.25, 0.3) is 10.0 Å². The normalized spacial score (nSPS) is 14.8. The summed E-state index contributed by atoms with van der Waals surface area (Å²) in [6.07, 6.45) is 1.24. The Morgan fingerprint density at radius 1 is 1.21 bits per heavy atom. The van der Waals surface area contributed by atoms with Gasteiger partial charge in [-0.25, -0.2) is 17.6 Å². The van der Waals surface area contributed by atoms with Crippen molar-refractivity contribution in [2.24, 2.45) is 0 Å². The molecular weight excluding hydrogens is 335 g/mol. The van der Waals surface area contributed by atoms with Crippen molar-refractivity contribution in [1.82, 2.24) is 4.98 Å². The molecule has 4 rings (SSSR count). The highest BCUT2D eigenvalue weighted by Crippen LogP contribution is 2.34. The van der Waals surface area contributed by atoms with Gasteiger partial charge < -0.3 is 4.42 Å². The molecule has 6 nitrogen and oxygen atoms in total. The average molecular weight is 348 g/mol. The maximum atomic E-state index is 14.3. The molecule has 0 atom stereocenters. The Kier molecular flexibility index (Phi) is 3.24. The van der Waals surface area contributed by atoms with E-state index >= 15 is 0 Å². The topological polar surface area (TPSA) is 83.4 Å². The van der Waals surface area contributed by atoms with Gasteiger partial charge in [-0.1, -0.05) is 12.1 Å². The number of fused-ring (bicyclic) bond motifs is 2. The SMILES string of the molecule is O=c1[nH]c2ccc(S(=O)(=O)N3CCCc4cccc(F)c43)cc2o1. The van der Waals surface area contributed by atoms with E-state index in [-0.39, 0.29) is 22.7 Å². The van der Waals surface area contributed by atoms with E-state index in [1.165, 1.54) is 24.3 Å². The van der Waals surface area contributed by atoms with Gasteiger partial charge in [-0.05, 0) is 36.6 Å². The minimum absolute atomic E-state index is 0.0474. The first kappa shape index (κ1) is 14.9. The molecule has 0 bridgehead atoms. The number of nitrogens with zero attached hydrogens (tertiary/aromatic N) is 1. The molecule has 1 aromatic heterocycles. The Labute approximate surface area is 136 Å². The Balaban J connectivity index is 1.87. The van der Waals surface area contributed by atoms with Gasteiger partial charge in [-0.15, -0.1) is 0 Å². The van der Waals surface area contributed by atoms with Gasteiger partial charge in [0.15, 0.2) is 5.58 Å². The van der Waals surface area contributed by atoms with Gasteiger partial charge in [0.1, 0.15) is 5.82 Å². The average Bonchev–Trinajstić information content (AvgIpc) is 2.93. The van der Waals surface area contributed by atoms with Crippen LogP contribution in [0.2, 0.25) is 0 Å². The lowest BCUT2D eigenvalue weighted by molar-refractivity contribution is 0.553. The summed E-state index contributed by atoms with van der Waals surface area (Å²) in [7, 11) is -3.96. The van der Waals surface area contributed by atoms with Crippen molar-refractivity contribution >= 4 is 26.8 Å². The summed E-state index contributed by atoms with van der Waals surface area (Å²) in [5.41, 5.74) is 1.31. The zero-order chi connectivity index (χ0) is 16.9. The highest BCUT2D eigenvalue weighted by molar-refractivity contribution is 7.92. The van der Waals surface area contributed by atoms with E-state index in [2.05, 4.69) is 4.98 Å². The Morgan fingerprint density at radius 3 is 2.88 bits per heavy atom. The van der Waals surface area contributed by atoms with Crippen LogP contribution in [0, 0.1) is 5.82 Å². The summed E-state index contributed by atoms with van der Waals surface area (Å²) in [4.78, 5) is 13.6. The number of nitrogens with one attached hydrogen (secondary N) is 1. The van der Waals surface area contributed by atoms with Crippen LogP contribution in [0.5, 0.6) is 0 Å². The van der Waals surface area contributed by atoms with Crippen LogP contribution in [0.1, 0.15) is 12.0 Å². The van der Waals surface area contributed by atoms with Crippen LogP contribution in [0.4, 0.5) is 10.1 Å². The third kappa shape index (κ3) is 2.22. The molecule has 1 aliphatic rings. The lowest BCUT2D eigenvalue weighted by Crippen LogP contribution is -2.36. The van der Waals surface area contributed by atoms with Gasteiger partial charge in [-0.3, -0.25) is 9.29 Å². The van der Waals surface area contributed by atoms with E-state index in [4.69, 9.17) is 4.42 Å². The fraction of sp³-hybridized carbons (Fsp3) is 0.188. The molecule has 0 fully saturated rings. The van der Waals surface area contributed by atoms with Gasteiger partial charge in [0.05, 0.1) is 16.1 Å². The summed E-state index contributed by atoms with van der Waals surface area (Å²) in [5, 5.41) is 0. The zero-order valence-corrected chi connectivity index (χ0v) is 13.3. The number of aryl methyl sites for hydroxylation is 1. The second-order valence-electron chi connectivity index (χ2n) is 5.60. The number of para-hydroxylation sites is 1. The van der Waals surface area contributed by atoms with Crippen molar-refractivity contribution < 1.29 is 17.2 Å². The molecule has 2 aromatic carbocycles. The molecule has 1 N–H and O–H groups in total. The number of aromatic nitrogens is 1. The van der Waals surface area contributed by atoms with Gasteiger partial charge in [0, 0.05) is 12.6 Å². The van der Waals surface area contributed by atoms with Crippen molar-refractivity contribution in [3.8, 4) is 0 Å². The number of hydrogen-bond acceptors (Lipinski definition) is 4. The third-order valence-corrected chi connectivity index (χ3v) is 5.90. The Hall–Kier alpha value is -2.61. The first-order valence-corrected chi connectivity index (χ1v) is 8.84. The molecule has 0 saturated carbocycles. The monoisotopic (exact) mass is 348 g/mol. The minimum atomic E-state index is -3.96. The Morgan fingerprint density at radius 2 is 2.04 bits per heavy atom. The number of hydrogen-bond donors (Lipinski definition) is 1. The Bertz CT molecular complexity index is 1100. The van der Waals surface area contributed by atoms with E-state index in [0.717, 1.165) is 4.31 Å². The predicted molar refractivity (Wildman–Crippen MR) is 86.1 cm³/mol. The lowest BCUT2D eigenvalue weighted by Gasteiger charge is -2.30. The number of oxazole rings is 1. The summed E-state index contributed by atoms with van der Waals surface area (Å²) in [6.45, 7) is 0.200. The molecule has 24 heavy (non-hydrogen) atoms. The van der Waals surface area contributed by atoms with Gasteiger partial charge in [-0.2, -0.15) is 0 Å². The maximum absolute atomic E-state index is 14.3. The highest BCUT2D eigenvalue weighted by Gasteiger charge is 2.31. The highest BCUT2D eigenvalue weighted by atomic mass is 32.2. The fourth-order valence-electron chi connectivity index (χ4n) is 3.02. The first-order chi connectivity index (χ1) is 11.5. The largest absolute Gasteiger partial charge is 0.417 e. The van der Waals surface area contributed by atoms with Crippen LogP contribution >= 0.6 is 0 Å². The summed E-state index contributed by atoms with van der Waals surface area (Å²) < 4.78 is 46.2. The first-order valence-electron chi connectivity index (χ1n) is 7.40. The molecule has 0 unspecified atom stereocenters. The second-order valence-corrected chi connectivity index (χ2v) is 7.46. The molecular formula is C16H13FN2O4S. The van der Waals surface area contributed by atoms with Crippen molar-refractivity contribution in [3.05, 3.63) is 58.3 Å². The molecule has 124 valence electrons. The molecule has 1 aliphatic heterocycles. The maximum Gasteiger partial charge on any atom is 0.417 e. The standard InChI is InChI=1S/C16H13FN2O4S/c17-12-5-1-3-10-4-2-8-19(15(10)12)24(21,22)11-6-7-13-14(9-11)23-16(20)18-13/h1,3,5-7,9H,2,4,8H2,(H,18,20).